The van der Waals surface area contributed by atoms with E-state index in [1.54, 1.807) is 25.1 Å². The van der Waals surface area contributed by atoms with Crippen molar-refractivity contribution in [3.63, 3.8) is 0 Å². The van der Waals surface area contributed by atoms with Gasteiger partial charge in [0.1, 0.15) is 17.6 Å². The summed E-state index contributed by atoms with van der Waals surface area (Å²) in [6.45, 7) is 3.52. The van der Waals surface area contributed by atoms with Crippen LogP contribution < -0.4 is 9.75 Å². The zero-order valence-electron chi connectivity index (χ0n) is 18.8. The second-order valence-electron chi connectivity index (χ2n) is 8.47. The maximum atomic E-state index is 13.6. The number of aliphatic hydroxyl groups excluding tert-OH is 1. The number of fused-ring (bicyclic) bond motifs is 1. The molecule has 0 spiro atoms. The molecule has 3 heterocycles. The summed E-state index contributed by atoms with van der Waals surface area (Å²) < 4.78 is 5.85. The number of benzene rings is 2. The highest BCUT2D eigenvalue weighted by atomic mass is 32.1. The van der Waals surface area contributed by atoms with E-state index in [0.717, 1.165) is 4.88 Å². The zero-order chi connectivity index (χ0) is 23.8. The molecule has 1 N–H and O–H groups in total. The molecule has 0 saturated carbocycles. The van der Waals surface area contributed by atoms with Gasteiger partial charge in [-0.25, -0.2) is 5.01 Å². The number of allylic oxidation sites excluding steroid dienone is 1. The SMILES string of the molecule is CC1=NN(c2ccccc2)C(=O)C1C(CC(=O)C1=C(C)Oc2ccccc2C1O)c1cccs1. The maximum absolute atomic E-state index is 13.6. The summed E-state index contributed by atoms with van der Waals surface area (Å²) in [7, 11) is 0. The van der Waals surface area contributed by atoms with Gasteiger partial charge < -0.3 is 9.84 Å². The van der Waals surface area contributed by atoms with Crippen molar-refractivity contribution < 1.29 is 19.4 Å². The number of nitrogens with zero attached hydrogens (tertiary/aromatic N) is 2. The number of ketones is 1. The number of amides is 1. The minimum Gasteiger partial charge on any atom is -0.461 e. The van der Waals surface area contributed by atoms with Crippen LogP contribution in [0.2, 0.25) is 0 Å². The van der Waals surface area contributed by atoms with Crippen molar-refractivity contribution >= 4 is 34.4 Å². The molecule has 2 aliphatic heterocycles. The van der Waals surface area contributed by atoms with E-state index in [2.05, 4.69) is 5.10 Å². The number of anilines is 1. The molecule has 3 unspecified atom stereocenters. The second-order valence-corrected chi connectivity index (χ2v) is 9.45. The van der Waals surface area contributed by atoms with Crippen molar-refractivity contribution in [3.8, 4) is 5.75 Å². The number of hydrogen-bond donors (Lipinski definition) is 1. The number of para-hydroxylation sites is 2. The topological polar surface area (TPSA) is 79.2 Å². The van der Waals surface area contributed by atoms with Crippen molar-refractivity contribution in [1.82, 2.24) is 0 Å². The van der Waals surface area contributed by atoms with Crippen molar-refractivity contribution in [3.05, 3.63) is 93.9 Å². The van der Waals surface area contributed by atoms with Gasteiger partial charge in [-0.05, 0) is 43.5 Å². The highest BCUT2D eigenvalue weighted by Crippen LogP contribution is 2.42. The molecule has 1 amide bonds. The molecular formula is C27H24N2O4S. The van der Waals surface area contributed by atoms with Gasteiger partial charge >= 0.3 is 0 Å². The Labute approximate surface area is 201 Å². The maximum Gasteiger partial charge on any atom is 0.256 e. The minimum absolute atomic E-state index is 0.0572. The van der Waals surface area contributed by atoms with Gasteiger partial charge in [0, 0.05) is 28.5 Å². The Hall–Kier alpha value is -3.55. The van der Waals surface area contributed by atoms with Crippen molar-refractivity contribution in [2.75, 3.05) is 5.01 Å². The van der Waals surface area contributed by atoms with Crippen LogP contribution in [-0.2, 0) is 9.59 Å². The average Bonchev–Trinajstić information content (AvgIpc) is 3.47. The summed E-state index contributed by atoms with van der Waals surface area (Å²) in [4.78, 5) is 28.1. The molecule has 0 aliphatic carbocycles. The standard InChI is InChI=1S/C27H24N2O4S/c1-16-24(27(32)29(28-16)18-9-4-3-5-10-18)20(23-13-8-14-34-23)15-21(30)25-17(2)33-22-12-7-6-11-19(22)26(25)31/h3-14,20,24,26,31H,15H2,1-2H3. The number of carbonyl (C=O) groups is 2. The third-order valence-corrected chi connectivity index (χ3v) is 7.33. The predicted octanol–water partition coefficient (Wildman–Crippen LogP) is 5.23. The number of rotatable bonds is 6. The molecule has 34 heavy (non-hydrogen) atoms. The Morgan fingerprint density at radius 1 is 1.09 bits per heavy atom. The van der Waals surface area contributed by atoms with Crippen LogP contribution in [0, 0.1) is 5.92 Å². The first-order valence-electron chi connectivity index (χ1n) is 11.1. The summed E-state index contributed by atoms with van der Waals surface area (Å²) in [6.07, 6.45) is -1.02. The molecule has 0 saturated heterocycles. The Kier molecular flexibility index (Phi) is 5.89. The molecular weight excluding hydrogens is 448 g/mol. The molecule has 5 rings (SSSR count). The van der Waals surface area contributed by atoms with Gasteiger partial charge in [0.15, 0.2) is 5.78 Å². The van der Waals surface area contributed by atoms with Crippen LogP contribution in [0.3, 0.4) is 0 Å². The molecule has 7 heteroatoms. The van der Waals surface area contributed by atoms with Crippen LogP contribution in [0.15, 0.2) is 88.5 Å². The first-order valence-corrected chi connectivity index (χ1v) is 12.0. The summed E-state index contributed by atoms with van der Waals surface area (Å²) >= 11 is 1.51. The van der Waals surface area contributed by atoms with Crippen molar-refractivity contribution in [2.45, 2.75) is 32.3 Å². The highest BCUT2D eigenvalue weighted by Gasteiger charge is 2.43. The van der Waals surface area contributed by atoms with Crippen LogP contribution in [0.4, 0.5) is 5.69 Å². The highest BCUT2D eigenvalue weighted by molar-refractivity contribution is 7.10. The molecule has 2 aromatic carbocycles. The lowest BCUT2D eigenvalue weighted by Gasteiger charge is -2.27. The van der Waals surface area contributed by atoms with Gasteiger partial charge in [-0.3, -0.25) is 9.59 Å². The van der Waals surface area contributed by atoms with Crippen LogP contribution in [0.1, 0.15) is 42.7 Å². The number of carbonyl (C=O) groups excluding carboxylic acids is 2. The Morgan fingerprint density at radius 3 is 2.56 bits per heavy atom. The monoisotopic (exact) mass is 472 g/mol. The molecule has 1 aromatic heterocycles. The van der Waals surface area contributed by atoms with E-state index in [4.69, 9.17) is 4.74 Å². The number of hydrazone groups is 1. The first kappa shape index (κ1) is 22.3. The number of hydrogen-bond acceptors (Lipinski definition) is 6. The van der Waals surface area contributed by atoms with Gasteiger partial charge in [0.05, 0.1) is 17.2 Å². The summed E-state index contributed by atoms with van der Waals surface area (Å²) in [5.41, 5.74) is 2.16. The van der Waals surface area contributed by atoms with Crippen LogP contribution in [0.5, 0.6) is 5.75 Å². The van der Waals surface area contributed by atoms with Crippen LogP contribution >= 0.6 is 11.3 Å². The van der Waals surface area contributed by atoms with Gasteiger partial charge in [-0.2, -0.15) is 5.10 Å². The van der Waals surface area contributed by atoms with Crippen LogP contribution in [0.25, 0.3) is 0 Å². The summed E-state index contributed by atoms with van der Waals surface area (Å²) in [5, 5.41) is 18.9. The number of ether oxygens (including phenoxy) is 1. The van der Waals surface area contributed by atoms with Crippen LogP contribution in [-0.4, -0.2) is 22.5 Å². The number of aliphatic hydroxyl groups is 1. The first-order chi connectivity index (χ1) is 16.5. The van der Waals surface area contributed by atoms with E-state index in [1.165, 1.54) is 16.3 Å². The zero-order valence-corrected chi connectivity index (χ0v) is 19.7. The third-order valence-electron chi connectivity index (χ3n) is 6.33. The van der Waals surface area contributed by atoms with E-state index in [0.29, 0.717) is 28.5 Å². The molecule has 0 bridgehead atoms. The fourth-order valence-electron chi connectivity index (χ4n) is 4.71. The van der Waals surface area contributed by atoms with Gasteiger partial charge in [-0.15, -0.1) is 11.3 Å². The van der Waals surface area contributed by atoms with Crippen molar-refractivity contribution in [2.24, 2.45) is 11.0 Å². The number of Topliss-reactive ketones (excluding diaryl/α,β-unsaturated/α-hetero) is 1. The quantitative estimate of drug-likeness (QED) is 0.533. The van der Waals surface area contributed by atoms with E-state index < -0.39 is 17.9 Å². The Balaban J connectivity index is 1.46. The van der Waals surface area contributed by atoms with E-state index in [9.17, 15) is 14.7 Å². The minimum atomic E-state index is -1.07. The smallest absolute Gasteiger partial charge is 0.256 e. The summed E-state index contributed by atoms with van der Waals surface area (Å²) in [6, 6.07) is 20.3. The summed E-state index contributed by atoms with van der Waals surface area (Å²) in [5.74, 6) is -0.440. The van der Waals surface area contributed by atoms with Gasteiger partial charge in [0.2, 0.25) is 0 Å². The average molecular weight is 473 g/mol. The largest absolute Gasteiger partial charge is 0.461 e. The molecule has 0 radical (unpaired) electrons. The molecule has 2 aliphatic rings. The normalized spacial score (nSPS) is 20.6. The number of thiophene rings is 1. The molecule has 0 fully saturated rings. The lowest BCUT2D eigenvalue weighted by atomic mass is 9.81. The fraction of sp³-hybridized carbons (Fsp3) is 0.222. The van der Waals surface area contributed by atoms with E-state index in [-0.39, 0.29) is 23.7 Å². The molecule has 3 atom stereocenters. The van der Waals surface area contributed by atoms with E-state index >= 15 is 0 Å². The predicted molar refractivity (Wildman–Crippen MR) is 132 cm³/mol. The van der Waals surface area contributed by atoms with Gasteiger partial charge in [0.25, 0.3) is 5.91 Å². The Bertz CT molecular complexity index is 1300. The van der Waals surface area contributed by atoms with Gasteiger partial charge in [-0.1, -0.05) is 42.5 Å². The van der Waals surface area contributed by atoms with E-state index in [1.807, 2.05) is 60.8 Å². The second kappa shape index (κ2) is 9.00. The molecule has 172 valence electrons. The Morgan fingerprint density at radius 2 is 1.82 bits per heavy atom. The fourth-order valence-corrected chi connectivity index (χ4v) is 5.57. The lowest BCUT2D eigenvalue weighted by Crippen LogP contribution is -2.33. The molecule has 6 nitrogen and oxygen atoms in total. The third kappa shape index (κ3) is 3.87. The van der Waals surface area contributed by atoms with Crippen molar-refractivity contribution in [1.29, 1.82) is 0 Å². The lowest BCUT2D eigenvalue weighted by molar-refractivity contribution is -0.121. The molecule has 3 aromatic rings.